The van der Waals surface area contributed by atoms with Gasteiger partial charge in [0.05, 0.1) is 18.3 Å². The Labute approximate surface area is 188 Å². The quantitative estimate of drug-likeness (QED) is 0.486. The molecule has 1 unspecified atom stereocenters. The first-order valence-electron chi connectivity index (χ1n) is 12.7. The lowest BCUT2D eigenvalue weighted by molar-refractivity contribution is 0.389. The second kappa shape index (κ2) is 10.7. The molecule has 1 heterocycles. The average Bonchev–Trinajstić information content (AvgIpc) is 2.83. The molecular formula is C27H41N3O. The Morgan fingerprint density at radius 1 is 1.03 bits per heavy atom. The smallest absolute Gasteiger partial charge is 0.125 e. The second-order valence-corrected chi connectivity index (χ2v) is 9.82. The number of nitrogens with one attached hydrogen (secondary N) is 1. The zero-order valence-electron chi connectivity index (χ0n) is 19.6. The van der Waals surface area contributed by atoms with Crippen LogP contribution < -0.4 is 15.8 Å². The van der Waals surface area contributed by atoms with Crippen LogP contribution >= 0.6 is 0 Å². The maximum Gasteiger partial charge on any atom is 0.125 e. The van der Waals surface area contributed by atoms with Crippen molar-refractivity contribution in [3.8, 4) is 5.75 Å². The first-order valence-corrected chi connectivity index (χ1v) is 12.7. The fourth-order valence-electron chi connectivity index (χ4n) is 5.79. The van der Waals surface area contributed by atoms with Crippen molar-refractivity contribution in [2.75, 3.05) is 19.0 Å². The van der Waals surface area contributed by atoms with Gasteiger partial charge in [0, 0.05) is 34.7 Å². The number of ether oxygens (including phenoxy) is 1. The molecule has 0 amide bonds. The predicted octanol–water partition coefficient (Wildman–Crippen LogP) is 6.88. The van der Waals surface area contributed by atoms with E-state index in [2.05, 4.69) is 30.4 Å². The van der Waals surface area contributed by atoms with E-state index in [9.17, 15) is 0 Å². The minimum atomic E-state index is 0.358. The lowest BCUT2D eigenvalue weighted by atomic mass is 9.81. The fourth-order valence-corrected chi connectivity index (χ4v) is 5.79. The molecule has 4 rings (SSSR count). The summed E-state index contributed by atoms with van der Waals surface area (Å²) >= 11 is 0. The summed E-state index contributed by atoms with van der Waals surface area (Å²) in [5.74, 6) is 2.22. The van der Waals surface area contributed by atoms with Gasteiger partial charge < -0.3 is 15.8 Å². The van der Waals surface area contributed by atoms with Gasteiger partial charge in [-0.1, -0.05) is 44.6 Å². The summed E-state index contributed by atoms with van der Waals surface area (Å²) in [5.41, 5.74) is 10.7. The van der Waals surface area contributed by atoms with E-state index >= 15 is 0 Å². The van der Waals surface area contributed by atoms with Gasteiger partial charge in [0.2, 0.25) is 0 Å². The molecule has 0 radical (unpaired) electrons. The standard InChI is InChI=1S/C27H41N3O/c1-19(10-9-17-28)29-24-18-25(31-2)26(21-13-7-4-8-14-21)22-15-16-23(30-27(22)24)20-11-5-3-6-12-20/h15-16,18-21,29H,3-14,17,28H2,1-2H3. The molecule has 1 aromatic heterocycles. The van der Waals surface area contributed by atoms with Crippen molar-refractivity contribution in [3.63, 3.8) is 0 Å². The monoisotopic (exact) mass is 423 g/mol. The molecule has 1 atom stereocenters. The Kier molecular flexibility index (Phi) is 7.71. The van der Waals surface area contributed by atoms with Crippen molar-refractivity contribution in [1.82, 2.24) is 4.98 Å². The van der Waals surface area contributed by atoms with Crippen LogP contribution in [-0.2, 0) is 0 Å². The zero-order valence-corrected chi connectivity index (χ0v) is 19.6. The number of benzene rings is 1. The second-order valence-electron chi connectivity index (χ2n) is 9.82. The summed E-state index contributed by atoms with van der Waals surface area (Å²) in [7, 11) is 1.82. The molecule has 4 heteroatoms. The summed E-state index contributed by atoms with van der Waals surface area (Å²) in [6.45, 7) is 2.98. The van der Waals surface area contributed by atoms with Gasteiger partial charge in [0.1, 0.15) is 5.75 Å². The SMILES string of the molecule is COc1cc(NC(C)CCCN)c2nc(C3CCCCC3)ccc2c1C1CCCCC1. The minimum absolute atomic E-state index is 0.358. The Morgan fingerprint density at radius 3 is 2.35 bits per heavy atom. The van der Waals surface area contributed by atoms with Gasteiger partial charge in [-0.25, -0.2) is 0 Å². The van der Waals surface area contributed by atoms with Crippen molar-refractivity contribution in [3.05, 3.63) is 29.5 Å². The molecule has 2 aliphatic rings. The normalized spacial score (nSPS) is 19.5. The van der Waals surface area contributed by atoms with Gasteiger partial charge in [-0.15, -0.1) is 0 Å². The largest absolute Gasteiger partial charge is 0.496 e. The Balaban J connectivity index is 1.78. The third kappa shape index (κ3) is 5.16. The molecule has 2 aromatic rings. The Morgan fingerprint density at radius 2 is 1.71 bits per heavy atom. The van der Waals surface area contributed by atoms with Crippen molar-refractivity contribution in [2.45, 2.75) is 102 Å². The molecule has 0 bridgehead atoms. The first-order chi connectivity index (χ1) is 15.2. The number of methoxy groups -OCH3 is 1. The summed E-state index contributed by atoms with van der Waals surface area (Å²) < 4.78 is 5.97. The molecule has 2 saturated carbocycles. The lowest BCUT2D eigenvalue weighted by Gasteiger charge is -2.28. The zero-order chi connectivity index (χ0) is 21.6. The highest BCUT2D eigenvalue weighted by Crippen LogP contribution is 2.44. The van der Waals surface area contributed by atoms with Gasteiger partial charge >= 0.3 is 0 Å². The van der Waals surface area contributed by atoms with Crippen LogP contribution in [0.4, 0.5) is 5.69 Å². The number of nitrogens with zero attached hydrogens (tertiary/aromatic N) is 1. The topological polar surface area (TPSA) is 60.2 Å². The molecule has 31 heavy (non-hydrogen) atoms. The van der Waals surface area contributed by atoms with E-state index in [0.29, 0.717) is 17.9 Å². The van der Waals surface area contributed by atoms with E-state index in [1.807, 2.05) is 7.11 Å². The number of fused-ring (bicyclic) bond motifs is 1. The number of rotatable bonds is 8. The Bertz CT molecular complexity index is 853. The van der Waals surface area contributed by atoms with Crippen molar-refractivity contribution < 1.29 is 4.74 Å². The van der Waals surface area contributed by atoms with Crippen LogP contribution in [0, 0.1) is 0 Å². The van der Waals surface area contributed by atoms with E-state index in [0.717, 1.165) is 36.3 Å². The highest BCUT2D eigenvalue weighted by atomic mass is 16.5. The minimum Gasteiger partial charge on any atom is -0.496 e. The van der Waals surface area contributed by atoms with Gasteiger partial charge in [-0.2, -0.15) is 0 Å². The number of aromatic nitrogens is 1. The van der Waals surface area contributed by atoms with Crippen LogP contribution in [0.2, 0.25) is 0 Å². The van der Waals surface area contributed by atoms with Crippen molar-refractivity contribution >= 4 is 16.6 Å². The van der Waals surface area contributed by atoms with E-state index < -0.39 is 0 Å². The summed E-state index contributed by atoms with van der Waals surface area (Å²) in [5, 5.41) is 5.05. The summed E-state index contributed by atoms with van der Waals surface area (Å²) in [6, 6.07) is 7.25. The van der Waals surface area contributed by atoms with E-state index in [1.165, 1.54) is 80.9 Å². The van der Waals surface area contributed by atoms with Crippen molar-refractivity contribution in [1.29, 1.82) is 0 Å². The van der Waals surface area contributed by atoms with Crippen LogP contribution in [0.3, 0.4) is 0 Å². The van der Waals surface area contributed by atoms with Crippen LogP contribution in [0.15, 0.2) is 18.2 Å². The highest BCUT2D eigenvalue weighted by molar-refractivity contribution is 5.95. The predicted molar refractivity (Wildman–Crippen MR) is 131 cm³/mol. The van der Waals surface area contributed by atoms with Gasteiger partial charge in [0.25, 0.3) is 0 Å². The number of hydrogen-bond acceptors (Lipinski definition) is 4. The number of hydrogen-bond donors (Lipinski definition) is 2. The molecule has 4 nitrogen and oxygen atoms in total. The number of anilines is 1. The molecule has 2 fully saturated rings. The third-order valence-corrected chi connectivity index (χ3v) is 7.50. The first kappa shape index (κ1) is 22.4. The Hall–Kier alpha value is -1.81. The van der Waals surface area contributed by atoms with Crippen LogP contribution in [0.25, 0.3) is 10.9 Å². The molecule has 0 aliphatic heterocycles. The van der Waals surface area contributed by atoms with Crippen LogP contribution in [0.5, 0.6) is 5.75 Å². The lowest BCUT2D eigenvalue weighted by Crippen LogP contribution is -2.18. The molecule has 170 valence electrons. The van der Waals surface area contributed by atoms with E-state index in [4.69, 9.17) is 15.5 Å². The van der Waals surface area contributed by atoms with Crippen LogP contribution in [-0.4, -0.2) is 24.7 Å². The van der Waals surface area contributed by atoms with Crippen molar-refractivity contribution in [2.24, 2.45) is 5.73 Å². The number of nitrogens with two attached hydrogens (primary N) is 1. The molecule has 3 N–H and O–H groups in total. The van der Waals surface area contributed by atoms with E-state index in [1.54, 1.807) is 0 Å². The molecular weight excluding hydrogens is 382 g/mol. The molecule has 2 aliphatic carbocycles. The van der Waals surface area contributed by atoms with Crippen LogP contribution in [0.1, 0.15) is 107 Å². The summed E-state index contributed by atoms with van der Waals surface area (Å²) in [6.07, 6.45) is 15.2. The summed E-state index contributed by atoms with van der Waals surface area (Å²) in [4.78, 5) is 5.32. The number of pyridine rings is 1. The van der Waals surface area contributed by atoms with Gasteiger partial charge in [-0.05, 0) is 64.0 Å². The maximum atomic E-state index is 5.97. The third-order valence-electron chi connectivity index (χ3n) is 7.50. The maximum absolute atomic E-state index is 5.97. The van der Waals surface area contributed by atoms with E-state index in [-0.39, 0.29) is 0 Å². The fraction of sp³-hybridized carbons (Fsp3) is 0.667. The average molecular weight is 424 g/mol. The van der Waals surface area contributed by atoms with Gasteiger partial charge in [0.15, 0.2) is 0 Å². The molecule has 1 aromatic carbocycles. The molecule has 0 saturated heterocycles. The highest BCUT2D eigenvalue weighted by Gasteiger charge is 2.25. The molecule has 0 spiro atoms. The van der Waals surface area contributed by atoms with Gasteiger partial charge in [-0.3, -0.25) is 4.98 Å².